The minimum Gasteiger partial charge on any atom is -0.422 e. The van der Waals surface area contributed by atoms with Crippen molar-refractivity contribution in [2.24, 2.45) is 0 Å². The topological polar surface area (TPSA) is 30.2 Å². The monoisotopic (exact) mass is 214 g/mol. The zero-order valence-corrected chi connectivity index (χ0v) is 9.38. The summed E-state index contributed by atoms with van der Waals surface area (Å²) in [6.07, 6.45) is 4.60. The number of aryl methyl sites for hydroxylation is 3. The fraction of sp³-hybridized carbons (Fsp3) is 0.357. The molecule has 0 fully saturated rings. The van der Waals surface area contributed by atoms with Crippen molar-refractivity contribution in [1.82, 2.24) is 0 Å². The van der Waals surface area contributed by atoms with Gasteiger partial charge in [0.05, 0.1) is 0 Å². The first-order chi connectivity index (χ1) is 7.75. The molecule has 0 unspecified atom stereocenters. The summed E-state index contributed by atoms with van der Waals surface area (Å²) in [5, 5.41) is 1.05. The summed E-state index contributed by atoms with van der Waals surface area (Å²) in [7, 11) is 0. The number of hydrogen-bond donors (Lipinski definition) is 0. The van der Waals surface area contributed by atoms with Crippen LogP contribution in [0.15, 0.2) is 27.4 Å². The van der Waals surface area contributed by atoms with Crippen molar-refractivity contribution in [3.63, 3.8) is 0 Å². The Labute approximate surface area is 93.9 Å². The van der Waals surface area contributed by atoms with Gasteiger partial charge in [-0.3, -0.25) is 0 Å². The normalized spacial score (nSPS) is 15.1. The number of fused-ring (bicyclic) bond motifs is 3. The first kappa shape index (κ1) is 9.64. The summed E-state index contributed by atoms with van der Waals surface area (Å²) in [6.45, 7) is 1.80. The molecule has 0 aliphatic heterocycles. The molecular weight excluding hydrogens is 200 g/mol. The quantitative estimate of drug-likeness (QED) is 0.631. The van der Waals surface area contributed by atoms with Crippen molar-refractivity contribution in [2.45, 2.75) is 32.6 Å². The molecule has 2 nitrogen and oxygen atoms in total. The molecule has 0 amide bonds. The lowest BCUT2D eigenvalue weighted by atomic mass is 9.90. The second-order valence-corrected chi connectivity index (χ2v) is 4.55. The van der Waals surface area contributed by atoms with E-state index >= 15 is 0 Å². The van der Waals surface area contributed by atoms with Gasteiger partial charge in [0.25, 0.3) is 0 Å². The lowest BCUT2D eigenvalue weighted by Gasteiger charge is -2.16. The van der Waals surface area contributed by atoms with Crippen molar-refractivity contribution < 1.29 is 4.42 Å². The highest BCUT2D eigenvalue weighted by atomic mass is 16.4. The van der Waals surface area contributed by atoms with E-state index in [9.17, 15) is 4.79 Å². The second kappa shape index (κ2) is 3.48. The average Bonchev–Trinajstić information content (AvgIpc) is 2.31. The van der Waals surface area contributed by atoms with Crippen LogP contribution < -0.4 is 5.63 Å². The Morgan fingerprint density at radius 3 is 2.88 bits per heavy atom. The minimum absolute atomic E-state index is 0.202. The SMILES string of the molecule is Cc1cc2ccc3c(c2oc1=O)CCCC3. The minimum atomic E-state index is -0.202. The highest BCUT2D eigenvalue weighted by molar-refractivity contribution is 5.81. The number of hydrogen-bond acceptors (Lipinski definition) is 2. The maximum atomic E-state index is 11.6. The van der Waals surface area contributed by atoms with E-state index in [1.54, 1.807) is 6.92 Å². The fourth-order valence-corrected chi connectivity index (χ4v) is 2.51. The van der Waals surface area contributed by atoms with Crippen LogP contribution in [-0.4, -0.2) is 0 Å². The van der Waals surface area contributed by atoms with Gasteiger partial charge < -0.3 is 4.42 Å². The summed E-state index contributed by atoms with van der Waals surface area (Å²) in [5.41, 5.74) is 3.90. The molecule has 1 aromatic heterocycles. The molecule has 0 radical (unpaired) electrons. The van der Waals surface area contributed by atoms with E-state index < -0.39 is 0 Å². The van der Waals surface area contributed by atoms with Crippen LogP contribution in [0.1, 0.15) is 29.5 Å². The van der Waals surface area contributed by atoms with Crippen LogP contribution >= 0.6 is 0 Å². The summed E-state index contributed by atoms with van der Waals surface area (Å²) in [6, 6.07) is 6.17. The number of benzene rings is 1. The predicted molar refractivity (Wildman–Crippen MR) is 63.9 cm³/mol. The van der Waals surface area contributed by atoms with Crippen LogP contribution in [0.2, 0.25) is 0 Å². The van der Waals surface area contributed by atoms with E-state index in [4.69, 9.17) is 4.42 Å². The Morgan fingerprint density at radius 1 is 1.19 bits per heavy atom. The Kier molecular flexibility index (Phi) is 2.10. The maximum absolute atomic E-state index is 11.6. The van der Waals surface area contributed by atoms with Gasteiger partial charge in [0.2, 0.25) is 0 Å². The first-order valence-electron chi connectivity index (χ1n) is 5.81. The van der Waals surface area contributed by atoms with E-state index in [1.165, 1.54) is 24.0 Å². The molecule has 82 valence electrons. The van der Waals surface area contributed by atoms with E-state index in [1.807, 2.05) is 6.07 Å². The van der Waals surface area contributed by atoms with Crippen LogP contribution in [0.5, 0.6) is 0 Å². The maximum Gasteiger partial charge on any atom is 0.339 e. The summed E-state index contributed by atoms with van der Waals surface area (Å²) >= 11 is 0. The Bertz CT molecular complexity index is 608. The molecular formula is C14H14O2. The molecule has 0 saturated heterocycles. The molecule has 0 spiro atoms. The molecule has 0 saturated carbocycles. The van der Waals surface area contributed by atoms with E-state index in [0.29, 0.717) is 5.56 Å². The van der Waals surface area contributed by atoms with Gasteiger partial charge in [0, 0.05) is 10.9 Å². The van der Waals surface area contributed by atoms with Crippen molar-refractivity contribution >= 4 is 11.0 Å². The standard InChI is InChI=1S/C14H14O2/c1-9-8-11-7-6-10-4-2-3-5-12(10)13(11)16-14(9)15/h6-8H,2-5H2,1H3. The molecule has 1 aliphatic carbocycles. The van der Waals surface area contributed by atoms with Crippen LogP contribution in [0.3, 0.4) is 0 Å². The van der Waals surface area contributed by atoms with Crippen LogP contribution in [0.4, 0.5) is 0 Å². The van der Waals surface area contributed by atoms with Gasteiger partial charge in [-0.15, -0.1) is 0 Å². The Balaban J connectivity index is 2.38. The highest BCUT2D eigenvalue weighted by Crippen LogP contribution is 2.28. The number of rotatable bonds is 0. The fourth-order valence-electron chi connectivity index (χ4n) is 2.51. The molecule has 0 bridgehead atoms. The van der Waals surface area contributed by atoms with E-state index in [-0.39, 0.29) is 5.63 Å². The second-order valence-electron chi connectivity index (χ2n) is 4.55. The Morgan fingerprint density at radius 2 is 2.00 bits per heavy atom. The molecule has 1 aliphatic rings. The highest BCUT2D eigenvalue weighted by Gasteiger charge is 2.14. The zero-order valence-electron chi connectivity index (χ0n) is 9.38. The lowest BCUT2D eigenvalue weighted by molar-refractivity contribution is 0.545. The molecule has 3 rings (SSSR count). The summed E-state index contributed by atoms with van der Waals surface area (Å²) in [5.74, 6) is 0. The van der Waals surface area contributed by atoms with Crippen molar-refractivity contribution in [1.29, 1.82) is 0 Å². The molecule has 2 aromatic rings. The van der Waals surface area contributed by atoms with E-state index in [0.717, 1.165) is 23.8 Å². The van der Waals surface area contributed by atoms with Gasteiger partial charge in [-0.25, -0.2) is 4.79 Å². The molecule has 1 heterocycles. The average molecular weight is 214 g/mol. The Hall–Kier alpha value is -1.57. The van der Waals surface area contributed by atoms with Crippen LogP contribution in [-0.2, 0) is 12.8 Å². The van der Waals surface area contributed by atoms with Gasteiger partial charge in [-0.05, 0) is 49.8 Å². The van der Waals surface area contributed by atoms with Crippen LogP contribution in [0, 0.1) is 6.92 Å². The smallest absolute Gasteiger partial charge is 0.339 e. The zero-order chi connectivity index (χ0) is 11.1. The largest absolute Gasteiger partial charge is 0.422 e. The molecule has 2 heteroatoms. The predicted octanol–water partition coefficient (Wildman–Crippen LogP) is 2.98. The van der Waals surface area contributed by atoms with Crippen LogP contribution in [0.25, 0.3) is 11.0 Å². The van der Waals surface area contributed by atoms with Crippen molar-refractivity contribution in [2.75, 3.05) is 0 Å². The van der Waals surface area contributed by atoms with E-state index in [2.05, 4.69) is 12.1 Å². The third-order valence-corrected chi connectivity index (χ3v) is 3.40. The first-order valence-corrected chi connectivity index (χ1v) is 5.81. The third kappa shape index (κ3) is 1.37. The molecule has 0 atom stereocenters. The molecule has 16 heavy (non-hydrogen) atoms. The van der Waals surface area contributed by atoms with Gasteiger partial charge in [-0.1, -0.05) is 12.1 Å². The molecule has 0 N–H and O–H groups in total. The van der Waals surface area contributed by atoms with Gasteiger partial charge in [0.1, 0.15) is 5.58 Å². The van der Waals surface area contributed by atoms with Gasteiger partial charge >= 0.3 is 5.63 Å². The summed E-state index contributed by atoms with van der Waals surface area (Å²) < 4.78 is 5.44. The van der Waals surface area contributed by atoms with Crippen molar-refractivity contribution in [3.8, 4) is 0 Å². The third-order valence-electron chi connectivity index (χ3n) is 3.40. The van der Waals surface area contributed by atoms with Gasteiger partial charge in [0.15, 0.2) is 0 Å². The summed E-state index contributed by atoms with van der Waals surface area (Å²) in [4.78, 5) is 11.6. The van der Waals surface area contributed by atoms with Crippen molar-refractivity contribution in [3.05, 3.63) is 45.3 Å². The lowest BCUT2D eigenvalue weighted by Crippen LogP contribution is -2.07. The van der Waals surface area contributed by atoms with Gasteiger partial charge in [-0.2, -0.15) is 0 Å². The molecule has 1 aromatic carbocycles.